The first-order chi connectivity index (χ1) is 9.72. The van der Waals surface area contributed by atoms with Gasteiger partial charge in [-0.1, -0.05) is 0 Å². The number of amides is 1. The van der Waals surface area contributed by atoms with Crippen LogP contribution in [0.4, 0.5) is 4.39 Å². The Kier molecular flexibility index (Phi) is 5.49. The van der Waals surface area contributed by atoms with Gasteiger partial charge in [0.2, 0.25) is 0 Å². The second kappa shape index (κ2) is 7.36. The van der Waals surface area contributed by atoms with Gasteiger partial charge in [0, 0.05) is 19.2 Å². The molecule has 1 aliphatic rings. The van der Waals surface area contributed by atoms with Crippen molar-refractivity contribution >= 4 is 5.91 Å². The Hall–Kier alpha value is -1.46. The van der Waals surface area contributed by atoms with Crippen molar-refractivity contribution in [3.05, 3.63) is 35.1 Å². The molecule has 0 saturated carbocycles. The van der Waals surface area contributed by atoms with Crippen molar-refractivity contribution in [2.24, 2.45) is 0 Å². The average molecular weight is 280 g/mol. The molecule has 1 aliphatic heterocycles. The van der Waals surface area contributed by atoms with Gasteiger partial charge in [0.15, 0.2) is 0 Å². The van der Waals surface area contributed by atoms with Gasteiger partial charge in [0.1, 0.15) is 5.82 Å². The minimum absolute atomic E-state index is 0.183. The molecule has 0 aromatic heterocycles. The number of halogens is 1. The van der Waals surface area contributed by atoms with E-state index in [1.165, 1.54) is 12.1 Å². The van der Waals surface area contributed by atoms with Crippen LogP contribution in [0.3, 0.4) is 0 Å². The average Bonchev–Trinajstić information content (AvgIpc) is 2.49. The molecular formula is C15H21FN2O2. The van der Waals surface area contributed by atoms with Gasteiger partial charge in [0.25, 0.3) is 5.91 Å². The van der Waals surface area contributed by atoms with Gasteiger partial charge >= 0.3 is 0 Å². The third-order valence-electron chi connectivity index (χ3n) is 3.63. The van der Waals surface area contributed by atoms with E-state index in [9.17, 15) is 9.18 Å². The van der Waals surface area contributed by atoms with Crippen molar-refractivity contribution in [2.45, 2.75) is 18.8 Å². The Morgan fingerprint density at radius 2 is 2.20 bits per heavy atom. The number of carbonyl (C=O) groups excluding carboxylic acids is 1. The normalized spacial score (nSPS) is 16.1. The summed E-state index contributed by atoms with van der Waals surface area (Å²) in [5, 5.41) is 6.01. The molecule has 1 amide bonds. The predicted octanol–water partition coefficient (Wildman–Crippen LogP) is 1.67. The van der Waals surface area contributed by atoms with Gasteiger partial charge in [-0.25, -0.2) is 4.39 Å². The fourth-order valence-electron chi connectivity index (χ4n) is 2.50. The molecule has 2 rings (SSSR count). The molecule has 0 aliphatic carbocycles. The summed E-state index contributed by atoms with van der Waals surface area (Å²) in [7, 11) is 1.58. The van der Waals surface area contributed by atoms with Crippen molar-refractivity contribution in [1.29, 1.82) is 0 Å². The van der Waals surface area contributed by atoms with Crippen LogP contribution >= 0.6 is 0 Å². The molecule has 1 aromatic carbocycles. The lowest BCUT2D eigenvalue weighted by atomic mass is 9.89. The van der Waals surface area contributed by atoms with Crippen molar-refractivity contribution in [2.75, 3.05) is 33.4 Å². The van der Waals surface area contributed by atoms with Gasteiger partial charge in [-0.3, -0.25) is 4.79 Å². The number of piperidine rings is 1. The Bertz CT molecular complexity index is 459. The summed E-state index contributed by atoms with van der Waals surface area (Å²) >= 11 is 0. The number of ether oxygens (including phenoxy) is 1. The first kappa shape index (κ1) is 14.9. The quantitative estimate of drug-likeness (QED) is 0.807. The molecule has 0 atom stereocenters. The van der Waals surface area contributed by atoms with Crippen LogP contribution in [-0.4, -0.2) is 39.3 Å². The molecule has 1 heterocycles. The van der Waals surface area contributed by atoms with Crippen molar-refractivity contribution in [1.82, 2.24) is 10.6 Å². The van der Waals surface area contributed by atoms with Crippen molar-refractivity contribution in [3.63, 3.8) is 0 Å². The van der Waals surface area contributed by atoms with Crippen LogP contribution in [0.2, 0.25) is 0 Å². The first-order valence-corrected chi connectivity index (χ1v) is 6.99. The highest BCUT2D eigenvalue weighted by molar-refractivity contribution is 5.94. The van der Waals surface area contributed by atoms with E-state index < -0.39 is 0 Å². The number of methoxy groups -OCH3 is 1. The van der Waals surface area contributed by atoms with E-state index in [0.717, 1.165) is 25.9 Å². The highest BCUT2D eigenvalue weighted by atomic mass is 19.1. The summed E-state index contributed by atoms with van der Waals surface area (Å²) in [6, 6.07) is 4.61. The minimum Gasteiger partial charge on any atom is -0.383 e. The lowest BCUT2D eigenvalue weighted by Crippen LogP contribution is -2.28. The largest absolute Gasteiger partial charge is 0.383 e. The Labute approximate surface area is 118 Å². The summed E-state index contributed by atoms with van der Waals surface area (Å²) in [6.45, 7) is 2.71. The number of nitrogens with one attached hydrogen (secondary N) is 2. The van der Waals surface area contributed by atoms with E-state index in [4.69, 9.17) is 4.74 Å². The van der Waals surface area contributed by atoms with Crippen LogP contribution in [0.5, 0.6) is 0 Å². The second-order valence-corrected chi connectivity index (χ2v) is 5.01. The zero-order valence-electron chi connectivity index (χ0n) is 11.7. The fourth-order valence-corrected chi connectivity index (χ4v) is 2.50. The Morgan fingerprint density at radius 1 is 1.45 bits per heavy atom. The molecule has 20 heavy (non-hydrogen) atoms. The molecule has 0 spiro atoms. The van der Waals surface area contributed by atoms with Crippen LogP contribution < -0.4 is 10.6 Å². The molecule has 2 N–H and O–H groups in total. The third-order valence-corrected chi connectivity index (χ3v) is 3.63. The zero-order valence-corrected chi connectivity index (χ0v) is 11.7. The Morgan fingerprint density at radius 3 is 2.90 bits per heavy atom. The molecule has 4 nitrogen and oxygen atoms in total. The van der Waals surface area contributed by atoms with E-state index in [2.05, 4.69) is 10.6 Å². The van der Waals surface area contributed by atoms with E-state index >= 15 is 0 Å². The topological polar surface area (TPSA) is 50.4 Å². The van der Waals surface area contributed by atoms with Crippen molar-refractivity contribution < 1.29 is 13.9 Å². The molecule has 1 fully saturated rings. The SMILES string of the molecule is COCCNC(=O)c1ccc(F)c(C2CCNCC2)c1. The predicted molar refractivity (Wildman–Crippen MR) is 75.5 cm³/mol. The molecule has 1 aromatic rings. The number of rotatable bonds is 5. The van der Waals surface area contributed by atoms with E-state index in [1.807, 2.05) is 0 Å². The van der Waals surface area contributed by atoms with Crippen LogP contribution in [-0.2, 0) is 4.74 Å². The monoisotopic (exact) mass is 280 g/mol. The fraction of sp³-hybridized carbons (Fsp3) is 0.533. The third kappa shape index (κ3) is 3.77. The van der Waals surface area contributed by atoms with Gasteiger partial charge in [-0.15, -0.1) is 0 Å². The van der Waals surface area contributed by atoms with Gasteiger partial charge < -0.3 is 15.4 Å². The van der Waals surface area contributed by atoms with Crippen LogP contribution in [0.25, 0.3) is 0 Å². The van der Waals surface area contributed by atoms with Crippen LogP contribution in [0.15, 0.2) is 18.2 Å². The molecular weight excluding hydrogens is 259 g/mol. The lowest BCUT2D eigenvalue weighted by molar-refractivity contribution is 0.0937. The maximum absolute atomic E-state index is 14.0. The standard InChI is InChI=1S/C15H21FN2O2/c1-20-9-8-18-15(19)12-2-3-14(16)13(10-12)11-4-6-17-7-5-11/h2-3,10-11,17H,4-9H2,1H3,(H,18,19). The van der Waals surface area contributed by atoms with E-state index in [1.54, 1.807) is 13.2 Å². The number of carbonyl (C=O) groups is 1. The number of hydrogen-bond acceptors (Lipinski definition) is 3. The smallest absolute Gasteiger partial charge is 0.251 e. The van der Waals surface area contributed by atoms with Crippen LogP contribution in [0, 0.1) is 5.82 Å². The van der Waals surface area contributed by atoms with Gasteiger partial charge in [-0.05, 0) is 55.6 Å². The summed E-state index contributed by atoms with van der Waals surface area (Å²) in [4.78, 5) is 12.0. The second-order valence-electron chi connectivity index (χ2n) is 5.01. The van der Waals surface area contributed by atoms with E-state index in [0.29, 0.717) is 24.3 Å². The maximum Gasteiger partial charge on any atom is 0.251 e. The highest BCUT2D eigenvalue weighted by Crippen LogP contribution is 2.28. The highest BCUT2D eigenvalue weighted by Gasteiger charge is 2.20. The maximum atomic E-state index is 14.0. The van der Waals surface area contributed by atoms with Gasteiger partial charge in [-0.2, -0.15) is 0 Å². The van der Waals surface area contributed by atoms with Gasteiger partial charge in [0.05, 0.1) is 6.61 Å². The summed E-state index contributed by atoms with van der Waals surface area (Å²) in [6.07, 6.45) is 1.82. The molecule has 0 radical (unpaired) electrons. The summed E-state index contributed by atoms with van der Waals surface area (Å²) in [5.41, 5.74) is 1.17. The first-order valence-electron chi connectivity index (χ1n) is 6.99. The summed E-state index contributed by atoms with van der Waals surface area (Å²) in [5.74, 6) is -0.203. The number of hydrogen-bond donors (Lipinski definition) is 2. The summed E-state index contributed by atoms with van der Waals surface area (Å²) < 4.78 is 18.8. The molecule has 1 saturated heterocycles. The molecule has 0 unspecified atom stereocenters. The van der Waals surface area contributed by atoms with Crippen molar-refractivity contribution in [3.8, 4) is 0 Å². The Balaban J connectivity index is 2.09. The molecule has 5 heteroatoms. The molecule has 0 bridgehead atoms. The van der Waals surface area contributed by atoms with E-state index in [-0.39, 0.29) is 17.6 Å². The number of benzene rings is 1. The lowest BCUT2D eigenvalue weighted by Gasteiger charge is -2.23. The minimum atomic E-state index is -0.217. The zero-order chi connectivity index (χ0) is 14.4. The molecule has 110 valence electrons. The van der Waals surface area contributed by atoms with Crippen LogP contribution in [0.1, 0.15) is 34.7 Å².